The van der Waals surface area contributed by atoms with Crippen molar-refractivity contribution in [1.29, 1.82) is 0 Å². The number of aromatic nitrogens is 2. The van der Waals surface area contributed by atoms with Crippen molar-refractivity contribution in [3.8, 4) is 0 Å². The number of hydrogen-bond donors (Lipinski definition) is 2. The smallest absolute Gasteiger partial charge is 0.227 e. The first kappa shape index (κ1) is 16.3. The molecule has 1 unspecified atom stereocenters. The van der Waals surface area contributed by atoms with Crippen LogP contribution in [0.1, 0.15) is 43.8 Å². The van der Waals surface area contributed by atoms with Gasteiger partial charge in [-0.3, -0.25) is 9.48 Å². The van der Waals surface area contributed by atoms with Gasteiger partial charge >= 0.3 is 0 Å². The number of nitrogens with zero attached hydrogens (tertiary/aromatic N) is 3. The number of anilines is 1. The molecule has 1 aliphatic heterocycles. The first-order valence-electron chi connectivity index (χ1n) is 8.97. The van der Waals surface area contributed by atoms with Crippen molar-refractivity contribution in [3.05, 3.63) is 48.3 Å². The molecule has 6 heteroatoms. The summed E-state index contributed by atoms with van der Waals surface area (Å²) in [5.41, 5.74) is 2.16. The van der Waals surface area contributed by atoms with E-state index in [9.17, 15) is 9.90 Å². The molecule has 2 aromatic rings. The molecule has 2 heterocycles. The van der Waals surface area contributed by atoms with E-state index in [0.717, 1.165) is 25.1 Å². The van der Waals surface area contributed by atoms with Gasteiger partial charge in [0.1, 0.15) is 0 Å². The fraction of sp³-hybridized carbons (Fsp3) is 0.474. The second-order valence-corrected chi connectivity index (χ2v) is 7.02. The van der Waals surface area contributed by atoms with Crippen LogP contribution in [0.2, 0.25) is 0 Å². The first-order valence-corrected chi connectivity index (χ1v) is 8.97. The minimum Gasteiger partial charge on any atom is -0.391 e. The van der Waals surface area contributed by atoms with Gasteiger partial charge in [0.2, 0.25) is 5.91 Å². The molecule has 2 aliphatic rings. The Hall–Kier alpha value is -2.18. The number of amides is 1. The molecule has 0 spiro atoms. The topological polar surface area (TPSA) is 70.4 Å². The van der Waals surface area contributed by atoms with E-state index in [1.165, 1.54) is 5.56 Å². The quantitative estimate of drug-likeness (QED) is 0.874. The van der Waals surface area contributed by atoms with E-state index in [4.69, 9.17) is 0 Å². The van der Waals surface area contributed by atoms with Gasteiger partial charge in [0.25, 0.3) is 0 Å². The molecule has 1 aromatic heterocycles. The van der Waals surface area contributed by atoms with E-state index in [-0.39, 0.29) is 30.1 Å². The molecular formula is C19H24N4O2. The largest absolute Gasteiger partial charge is 0.391 e. The molecule has 1 aliphatic carbocycles. The second-order valence-electron chi connectivity index (χ2n) is 7.02. The van der Waals surface area contributed by atoms with Crippen molar-refractivity contribution >= 4 is 11.6 Å². The Labute approximate surface area is 147 Å². The summed E-state index contributed by atoms with van der Waals surface area (Å²) in [5, 5.41) is 17.9. The molecule has 1 saturated carbocycles. The number of carbonyl (C=O) groups is 1. The minimum absolute atomic E-state index is 0.0149. The van der Waals surface area contributed by atoms with Crippen molar-refractivity contribution in [2.75, 3.05) is 11.4 Å². The van der Waals surface area contributed by atoms with Crippen LogP contribution in [-0.4, -0.2) is 39.5 Å². The lowest BCUT2D eigenvalue weighted by atomic mass is 9.82. The fourth-order valence-corrected chi connectivity index (χ4v) is 3.88. The number of nitrogens with one attached hydrogen (secondary N) is 1. The Morgan fingerprint density at radius 3 is 2.72 bits per heavy atom. The van der Waals surface area contributed by atoms with Gasteiger partial charge < -0.3 is 15.3 Å². The predicted molar refractivity (Wildman–Crippen MR) is 95.3 cm³/mol. The third-order valence-electron chi connectivity index (χ3n) is 5.37. The molecular weight excluding hydrogens is 316 g/mol. The monoisotopic (exact) mass is 340 g/mol. The van der Waals surface area contributed by atoms with E-state index in [2.05, 4.69) is 29.5 Å². The van der Waals surface area contributed by atoms with Crippen LogP contribution < -0.4 is 10.2 Å². The van der Waals surface area contributed by atoms with Crippen LogP contribution in [0.5, 0.6) is 0 Å². The lowest BCUT2D eigenvalue weighted by molar-refractivity contribution is -0.117. The van der Waals surface area contributed by atoms with Crippen molar-refractivity contribution in [3.63, 3.8) is 0 Å². The van der Waals surface area contributed by atoms with E-state index in [1.807, 2.05) is 34.0 Å². The highest BCUT2D eigenvalue weighted by Gasteiger charge is 2.42. The van der Waals surface area contributed by atoms with Crippen LogP contribution in [0.15, 0.2) is 42.7 Å². The van der Waals surface area contributed by atoms with E-state index >= 15 is 0 Å². The summed E-state index contributed by atoms with van der Waals surface area (Å²) in [7, 11) is 0. The van der Waals surface area contributed by atoms with Crippen LogP contribution in [0, 0.1) is 0 Å². The molecule has 4 atom stereocenters. The molecule has 2 fully saturated rings. The number of hydrogen-bond acceptors (Lipinski definition) is 4. The number of benzene rings is 1. The van der Waals surface area contributed by atoms with Crippen LogP contribution in [0.3, 0.4) is 0 Å². The molecule has 0 radical (unpaired) electrons. The molecule has 1 saturated heterocycles. The van der Waals surface area contributed by atoms with Crippen LogP contribution in [-0.2, 0) is 4.79 Å². The Morgan fingerprint density at radius 2 is 2.12 bits per heavy atom. The molecule has 6 nitrogen and oxygen atoms in total. The van der Waals surface area contributed by atoms with Crippen molar-refractivity contribution < 1.29 is 9.90 Å². The fourth-order valence-electron chi connectivity index (χ4n) is 3.88. The van der Waals surface area contributed by atoms with E-state index in [0.29, 0.717) is 6.42 Å². The summed E-state index contributed by atoms with van der Waals surface area (Å²) in [5.74, 6) is 0.212. The standard InChI is InChI=1S/C19H24N4O2/c1-13(21-16-12-17(24)19(16)23-11-3-9-20-23)14-5-7-15(8-6-14)22-10-2-4-18(22)25/h3,5-9,11,13,16-17,19,21,24H,2,4,10,12H2,1H3/t13?,16-,17+,19+/m0/s1. The lowest BCUT2D eigenvalue weighted by Gasteiger charge is -2.43. The average molecular weight is 340 g/mol. The summed E-state index contributed by atoms with van der Waals surface area (Å²) < 4.78 is 1.83. The molecule has 4 rings (SSSR count). The Kier molecular flexibility index (Phi) is 4.31. The summed E-state index contributed by atoms with van der Waals surface area (Å²) in [6.45, 7) is 2.94. The molecule has 25 heavy (non-hydrogen) atoms. The molecule has 1 amide bonds. The number of aliphatic hydroxyl groups excluding tert-OH is 1. The van der Waals surface area contributed by atoms with Gasteiger partial charge in [-0.15, -0.1) is 0 Å². The highest BCUT2D eigenvalue weighted by Crippen LogP contribution is 2.34. The molecule has 2 N–H and O–H groups in total. The zero-order valence-corrected chi connectivity index (χ0v) is 14.4. The van der Waals surface area contributed by atoms with Crippen LogP contribution in [0.25, 0.3) is 0 Å². The van der Waals surface area contributed by atoms with Gasteiger partial charge in [-0.2, -0.15) is 5.10 Å². The van der Waals surface area contributed by atoms with Gasteiger partial charge in [-0.05, 0) is 43.5 Å². The third kappa shape index (κ3) is 3.07. The SMILES string of the molecule is CC(N[C@H]1C[C@@H](O)[C@@H]1n1cccn1)c1ccc(N2CCCC2=O)cc1. The maximum Gasteiger partial charge on any atom is 0.227 e. The summed E-state index contributed by atoms with van der Waals surface area (Å²) in [6, 6.07) is 10.4. The Balaban J connectivity index is 1.41. The van der Waals surface area contributed by atoms with Gasteiger partial charge in [0.15, 0.2) is 0 Å². The number of rotatable bonds is 5. The normalized spacial score (nSPS) is 27.4. The van der Waals surface area contributed by atoms with E-state index in [1.54, 1.807) is 6.20 Å². The van der Waals surface area contributed by atoms with Gasteiger partial charge in [0, 0.05) is 43.1 Å². The van der Waals surface area contributed by atoms with Crippen LogP contribution >= 0.6 is 0 Å². The maximum atomic E-state index is 11.8. The van der Waals surface area contributed by atoms with Gasteiger partial charge in [-0.25, -0.2) is 0 Å². The van der Waals surface area contributed by atoms with Crippen molar-refractivity contribution in [2.45, 2.75) is 50.4 Å². The zero-order valence-electron chi connectivity index (χ0n) is 14.4. The van der Waals surface area contributed by atoms with Crippen LogP contribution in [0.4, 0.5) is 5.69 Å². The van der Waals surface area contributed by atoms with Gasteiger partial charge in [-0.1, -0.05) is 12.1 Å². The molecule has 132 valence electrons. The highest BCUT2D eigenvalue weighted by molar-refractivity contribution is 5.95. The number of aliphatic hydroxyl groups is 1. The Bertz CT molecular complexity index is 728. The summed E-state index contributed by atoms with van der Waals surface area (Å²) in [6.07, 6.45) is 5.61. The molecule has 1 aromatic carbocycles. The molecule has 0 bridgehead atoms. The summed E-state index contributed by atoms with van der Waals surface area (Å²) in [4.78, 5) is 13.7. The minimum atomic E-state index is -0.354. The zero-order chi connectivity index (χ0) is 17.4. The highest BCUT2D eigenvalue weighted by atomic mass is 16.3. The Morgan fingerprint density at radius 1 is 1.32 bits per heavy atom. The van der Waals surface area contributed by atoms with Crippen molar-refractivity contribution in [1.82, 2.24) is 15.1 Å². The van der Waals surface area contributed by atoms with Gasteiger partial charge in [0.05, 0.1) is 12.1 Å². The average Bonchev–Trinajstić information content (AvgIpc) is 3.26. The summed E-state index contributed by atoms with van der Waals surface area (Å²) >= 11 is 0. The lowest BCUT2D eigenvalue weighted by Crippen LogP contribution is -2.55. The first-order chi connectivity index (χ1) is 12.1. The third-order valence-corrected chi connectivity index (χ3v) is 5.37. The second kappa shape index (κ2) is 6.61. The van der Waals surface area contributed by atoms with E-state index < -0.39 is 0 Å². The predicted octanol–water partition coefficient (Wildman–Crippen LogP) is 2.04. The van der Waals surface area contributed by atoms with Crippen molar-refractivity contribution in [2.24, 2.45) is 0 Å². The number of carbonyl (C=O) groups excluding carboxylic acids is 1. The maximum absolute atomic E-state index is 11.8.